The maximum absolute atomic E-state index is 14.5. The first-order valence-corrected chi connectivity index (χ1v) is 28.4. The predicted octanol–water partition coefficient (Wildman–Crippen LogP) is 8.33. The van der Waals surface area contributed by atoms with Crippen LogP contribution in [0.5, 0.6) is 11.5 Å². The largest absolute Gasteiger partial charge is 0.461 e. The highest BCUT2D eigenvalue weighted by Crippen LogP contribution is 2.51. The fraction of sp³-hybridized carbons (Fsp3) is 0.556. The standard InChI is InChI=1S/C54H66Cl2N4O17S2/c1-27-25-78-48-36(74-51-47(73-31(5)63)45(72-30(4)62)44(71-29(3)61)46(76-51)50(66)70-18-17-69-11)19-34-42(40(27)48)32(21-55)23-59(34)38(64)13-12-14-39(65)60-24-33(22-56)43-35(60)20-37(49-41(43)28(2)26-79-49)75-52(67)57(9)15-16-58(10)53(68)77-54(6,7)8/h19-20,25-26,32-33,44-47,51H,12-18,21-24H2,1-11H3/t32-,33-,44+,45+,46+,47-,51-/m1/s1. The van der Waals surface area contributed by atoms with Crippen LogP contribution in [0.2, 0.25) is 0 Å². The number of amides is 4. The minimum atomic E-state index is -1.75. The van der Waals surface area contributed by atoms with Crippen LogP contribution in [0.25, 0.3) is 20.2 Å². The third-order valence-corrected chi connectivity index (χ3v) is 16.3. The Labute approximate surface area is 475 Å². The smallest absolute Gasteiger partial charge is 0.415 e. The second-order valence-corrected chi connectivity index (χ2v) is 22.9. The number of hydrogen-bond donors (Lipinski definition) is 0. The van der Waals surface area contributed by atoms with E-state index in [4.69, 9.17) is 65.8 Å². The topological polar surface area (TPSA) is 233 Å². The Morgan fingerprint density at radius 3 is 1.67 bits per heavy atom. The Hall–Kier alpha value is -5.98. The van der Waals surface area contributed by atoms with Crippen molar-refractivity contribution in [3.8, 4) is 11.5 Å². The molecule has 3 aliphatic heterocycles. The van der Waals surface area contributed by atoms with Crippen molar-refractivity contribution in [2.45, 2.75) is 123 Å². The Kier molecular flexibility index (Phi) is 19.7. The maximum atomic E-state index is 14.5. The van der Waals surface area contributed by atoms with E-state index < -0.39 is 72.4 Å². The molecule has 7 atom stereocenters. The van der Waals surface area contributed by atoms with Gasteiger partial charge in [-0.3, -0.25) is 24.0 Å². The lowest BCUT2D eigenvalue weighted by Gasteiger charge is -2.43. The van der Waals surface area contributed by atoms with Gasteiger partial charge in [0.1, 0.15) is 18.0 Å². The van der Waals surface area contributed by atoms with Gasteiger partial charge < -0.3 is 62.2 Å². The Morgan fingerprint density at radius 2 is 1.18 bits per heavy atom. The lowest BCUT2D eigenvalue weighted by atomic mass is 9.96. The molecule has 2 aromatic heterocycles. The molecule has 0 radical (unpaired) electrons. The zero-order valence-corrected chi connectivity index (χ0v) is 49.1. The summed E-state index contributed by atoms with van der Waals surface area (Å²) in [7, 11) is 4.55. The highest BCUT2D eigenvalue weighted by atomic mass is 35.5. The molecule has 4 aromatic rings. The third kappa shape index (κ3) is 13.6. The van der Waals surface area contributed by atoms with Crippen molar-refractivity contribution in [2.75, 3.05) is 82.2 Å². The van der Waals surface area contributed by atoms with Crippen molar-refractivity contribution < 1.29 is 81.0 Å². The minimum absolute atomic E-state index is 0.0153. The van der Waals surface area contributed by atoms with Crippen LogP contribution in [-0.2, 0) is 61.9 Å². The van der Waals surface area contributed by atoms with Gasteiger partial charge in [0.25, 0.3) is 0 Å². The molecule has 21 nitrogen and oxygen atoms in total. The minimum Gasteiger partial charge on any atom is -0.461 e. The average molecular weight is 1180 g/mol. The number of carbonyl (C=O) groups excluding carboxylic acids is 8. The van der Waals surface area contributed by atoms with Crippen molar-refractivity contribution in [3.63, 3.8) is 0 Å². The highest BCUT2D eigenvalue weighted by Gasteiger charge is 2.56. The van der Waals surface area contributed by atoms with Crippen LogP contribution >= 0.6 is 45.9 Å². The summed E-state index contributed by atoms with van der Waals surface area (Å²) < 4.78 is 52.7. The molecule has 430 valence electrons. The van der Waals surface area contributed by atoms with Crippen LogP contribution in [0.4, 0.5) is 21.0 Å². The molecule has 0 unspecified atom stereocenters. The number of halogens is 2. The van der Waals surface area contributed by atoms with Crippen LogP contribution in [-0.4, -0.2) is 166 Å². The van der Waals surface area contributed by atoms with E-state index >= 15 is 0 Å². The number of nitrogens with zero attached hydrogens (tertiary/aromatic N) is 4. The van der Waals surface area contributed by atoms with Gasteiger partial charge in [-0.05, 0) is 74.1 Å². The van der Waals surface area contributed by atoms with Gasteiger partial charge >= 0.3 is 36.1 Å². The summed E-state index contributed by atoms with van der Waals surface area (Å²) in [6.07, 6.45) is -9.43. The van der Waals surface area contributed by atoms with Gasteiger partial charge in [0.15, 0.2) is 24.1 Å². The highest BCUT2D eigenvalue weighted by molar-refractivity contribution is 7.18. The molecular weight excluding hydrogens is 1110 g/mol. The first-order chi connectivity index (χ1) is 37.4. The Morgan fingerprint density at radius 1 is 0.696 bits per heavy atom. The molecule has 1 saturated heterocycles. The second kappa shape index (κ2) is 25.6. The molecule has 2 aromatic carbocycles. The molecule has 1 fully saturated rings. The number of hydrogen-bond acceptors (Lipinski definition) is 19. The number of alkyl halides is 2. The third-order valence-electron chi connectivity index (χ3n) is 13.4. The van der Waals surface area contributed by atoms with Gasteiger partial charge in [-0.15, -0.1) is 45.9 Å². The number of methoxy groups -OCH3 is 1. The van der Waals surface area contributed by atoms with Gasteiger partial charge in [-0.25, -0.2) is 14.4 Å². The van der Waals surface area contributed by atoms with Crippen molar-refractivity contribution in [3.05, 3.63) is 45.1 Å². The fourth-order valence-electron chi connectivity index (χ4n) is 9.84. The quantitative estimate of drug-likeness (QED) is 0.0371. The number of aryl methyl sites for hydroxylation is 2. The first-order valence-electron chi connectivity index (χ1n) is 25.6. The summed E-state index contributed by atoms with van der Waals surface area (Å²) in [6, 6.07) is 3.33. The van der Waals surface area contributed by atoms with E-state index in [0.717, 1.165) is 58.5 Å². The van der Waals surface area contributed by atoms with Gasteiger partial charge in [-0.2, -0.15) is 0 Å². The lowest BCUT2D eigenvalue weighted by Crippen LogP contribution is -2.64. The number of fused-ring (bicyclic) bond motifs is 6. The van der Waals surface area contributed by atoms with Gasteiger partial charge in [-0.1, -0.05) is 0 Å². The number of likely N-dealkylation sites (N-methyl/N-ethyl adjacent to an activating group) is 2. The van der Waals surface area contributed by atoms with Gasteiger partial charge in [0, 0.05) is 127 Å². The van der Waals surface area contributed by atoms with E-state index in [1.807, 2.05) is 24.6 Å². The average Bonchev–Trinajstić information content (AvgIpc) is 4.32. The van der Waals surface area contributed by atoms with E-state index in [1.54, 1.807) is 56.8 Å². The zero-order chi connectivity index (χ0) is 57.8. The molecule has 7 rings (SSSR count). The second-order valence-electron chi connectivity index (χ2n) is 20.5. The molecule has 0 bridgehead atoms. The molecule has 4 amide bonds. The van der Waals surface area contributed by atoms with E-state index in [9.17, 15) is 38.4 Å². The number of ether oxygens (including phenoxy) is 9. The first kappa shape index (κ1) is 60.7. The van der Waals surface area contributed by atoms with Crippen LogP contribution < -0.4 is 19.3 Å². The van der Waals surface area contributed by atoms with Crippen LogP contribution in [0, 0.1) is 13.8 Å². The molecule has 5 heterocycles. The van der Waals surface area contributed by atoms with Crippen molar-refractivity contribution in [1.82, 2.24) is 9.80 Å². The molecule has 3 aliphatic rings. The predicted molar refractivity (Wildman–Crippen MR) is 295 cm³/mol. The molecule has 0 aliphatic carbocycles. The number of esters is 4. The summed E-state index contributed by atoms with van der Waals surface area (Å²) in [6.45, 7) is 13.0. The van der Waals surface area contributed by atoms with E-state index in [-0.39, 0.29) is 106 Å². The van der Waals surface area contributed by atoms with Crippen molar-refractivity contribution in [1.29, 1.82) is 0 Å². The van der Waals surface area contributed by atoms with Gasteiger partial charge in [0.2, 0.25) is 24.2 Å². The molecular formula is C54H66Cl2N4O17S2. The summed E-state index contributed by atoms with van der Waals surface area (Å²) in [5.74, 6) is -3.93. The molecule has 0 spiro atoms. The summed E-state index contributed by atoms with van der Waals surface area (Å²) in [4.78, 5) is 112. The fourth-order valence-corrected chi connectivity index (χ4v) is 12.4. The number of rotatable bonds is 19. The normalized spacial score (nSPS) is 20.5. The molecule has 0 N–H and O–H groups in total. The maximum Gasteiger partial charge on any atom is 0.415 e. The summed E-state index contributed by atoms with van der Waals surface area (Å²) in [5.41, 5.74) is 3.77. The monoisotopic (exact) mass is 1180 g/mol. The Bertz CT molecular complexity index is 3000. The summed E-state index contributed by atoms with van der Waals surface area (Å²) in [5, 5.41) is 5.45. The van der Waals surface area contributed by atoms with Crippen molar-refractivity contribution in [2.24, 2.45) is 0 Å². The zero-order valence-electron chi connectivity index (χ0n) is 45.9. The number of carbonyl (C=O) groups is 8. The van der Waals surface area contributed by atoms with Gasteiger partial charge in [0.05, 0.1) is 27.4 Å². The van der Waals surface area contributed by atoms with Crippen LogP contribution in [0.15, 0.2) is 22.9 Å². The molecule has 0 saturated carbocycles. The van der Waals surface area contributed by atoms with E-state index in [0.29, 0.717) is 16.1 Å². The number of benzene rings is 2. The van der Waals surface area contributed by atoms with Crippen molar-refractivity contribution >= 4 is 125 Å². The van der Waals surface area contributed by atoms with Crippen LogP contribution in [0.3, 0.4) is 0 Å². The Balaban J connectivity index is 1.12. The number of anilines is 2. The molecule has 79 heavy (non-hydrogen) atoms. The SMILES string of the molecule is COCCOC(=O)[C@H]1O[C@@H](Oc2cc3c(c4c(C)csc24)[C@H](CCl)CN3C(=O)CCCC(=O)N2C[C@@H](CCl)c3c2cc(OC(=O)N(C)CCN(C)C(=O)OC(C)(C)C)c2scc(C)c32)[C@H](OC(C)=O)[C@@H](OC(C)=O)[C@@H]1OC(C)=O. The van der Waals surface area contributed by atoms with E-state index in [2.05, 4.69) is 0 Å². The van der Waals surface area contributed by atoms with E-state index in [1.165, 1.54) is 39.6 Å². The number of thiophene rings is 2. The lowest BCUT2D eigenvalue weighted by molar-refractivity contribution is -0.282. The molecule has 25 heteroatoms. The van der Waals surface area contributed by atoms with Crippen LogP contribution in [0.1, 0.15) is 94.9 Å². The summed E-state index contributed by atoms with van der Waals surface area (Å²) >= 11 is 16.0.